The van der Waals surface area contributed by atoms with Gasteiger partial charge in [-0.15, -0.1) is 0 Å². The van der Waals surface area contributed by atoms with E-state index in [2.05, 4.69) is 9.97 Å². The highest BCUT2D eigenvalue weighted by Crippen LogP contribution is 2.29. The number of aryl methyl sites for hydroxylation is 1. The highest BCUT2D eigenvalue weighted by atomic mass is 16.5. The predicted octanol–water partition coefficient (Wildman–Crippen LogP) is 3.73. The highest BCUT2D eigenvalue weighted by Gasteiger charge is 2.11. The van der Waals surface area contributed by atoms with Crippen molar-refractivity contribution in [3.63, 3.8) is 0 Å². The van der Waals surface area contributed by atoms with Gasteiger partial charge in [-0.3, -0.25) is 4.79 Å². The Morgan fingerprint density at radius 3 is 2.42 bits per heavy atom. The van der Waals surface area contributed by atoms with Gasteiger partial charge >= 0.3 is 0 Å². The molecule has 0 saturated heterocycles. The van der Waals surface area contributed by atoms with E-state index in [1.807, 2.05) is 31.2 Å². The molecule has 5 heteroatoms. The molecule has 0 bridgehead atoms. The number of Topliss-reactive ketones (excluding diaryl/α,β-unsaturated/α-hetero) is 1. The van der Waals surface area contributed by atoms with Crippen molar-refractivity contribution >= 4 is 16.8 Å². The quantitative estimate of drug-likeness (QED) is 0.670. The van der Waals surface area contributed by atoms with Crippen molar-refractivity contribution in [2.24, 2.45) is 0 Å². The van der Waals surface area contributed by atoms with Crippen LogP contribution in [0.5, 0.6) is 11.5 Å². The summed E-state index contributed by atoms with van der Waals surface area (Å²) in [5, 5.41) is 0. The minimum atomic E-state index is -0.0175. The summed E-state index contributed by atoms with van der Waals surface area (Å²) in [5.41, 5.74) is 3.88. The van der Waals surface area contributed by atoms with E-state index in [1.165, 1.54) is 6.92 Å². The molecule has 2 aromatic carbocycles. The molecule has 24 heavy (non-hydrogen) atoms. The average molecular weight is 322 g/mol. The van der Waals surface area contributed by atoms with Gasteiger partial charge in [-0.05, 0) is 44.2 Å². The number of hydrogen-bond donors (Lipinski definition) is 0. The molecule has 3 aromatic rings. The Labute approximate surface area is 140 Å². The van der Waals surface area contributed by atoms with Gasteiger partial charge in [0.15, 0.2) is 17.3 Å². The van der Waals surface area contributed by atoms with Crippen LogP contribution in [0.1, 0.15) is 28.7 Å². The van der Waals surface area contributed by atoms with Gasteiger partial charge in [0, 0.05) is 5.56 Å². The van der Waals surface area contributed by atoms with Crippen LogP contribution >= 0.6 is 0 Å². The molecule has 0 unspecified atom stereocenters. The minimum absolute atomic E-state index is 0.0175. The number of hydrogen-bond acceptors (Lipinski definition) is 5. The summed E-state index contributed by atoms with van der Waals surface area (Å²) in [5.74, 6) is 1.07. The summed E-state index contributed by atoms with van der Waals surface area (Å²) in [7, 11) is 1.55. The van der Waals surface area contributed by atoms with Gasteiger partial charge in [0.05, 0.1) is 29.5 Å². The number of ketones is 1. The lowest BCUT2D eigenvalue weighted by atomic mass is 10.1. The van der Waals surface area contributed by atoms with Crippen molar-refractivity contribution in [3.8, 4) is 11.5 Å². The lowest BCUT2D eigenvalue weighted by molar-refractivity contribution is 0.101. The number of rotatable bonds is 5. The number of methoxy groups -OCH3 is 1. The summed E-state index contributed by atoms with van der Waals surface area (Å²) < 4.78 is 11.2. The van der Waals surface area contributed by atoms with Crippen molar-refractivity contribution in [3.05, 3.63) is 59.4 Å². The zero-order chi connectivity index (χ0) is 17.1. The van der Waals surface area contributed by atoms with E-state index in [0.717, 1.165) is 22.4 Å². The van der Waals surface area contributed by atoms with Crippen molar-refractivity contribution < 1.29 is 14.3 Å². The molecule has 5 nitrogen and oxygen atoms in total. The molecule has 1 heterocycles. The van der Waals surface area contributed by atoms with Gasteiger partial charge in [0.1, 0.15) is 6.61 Å². The van der Waals surface area contributed by atoms with Crippen LogP contribution in [0.15, 0.2) is 42.5 Å². The van der Waals surface area contributed by atoms with Gasteiger partial charge in [-0.25, -0.2) is 9.97 Å². The Morgan fingerprint density at radius 1 is 1.04 bits per heavy atom. The maximum atomic E-state index is 11.5. The predicted molar refractivity (Wildman–Crippen MR) is 91.6 cm³/mol. The zero-order valence-electron chi connectivity index (χ0n) is 13.9. The third-order valence-electron chi connectivity index (χ3n) is 3.78. The van der Waals surface area contributed by atoms with E-state index in [-0.39, 0.29) is 12.4 Å². The SMILES string of the molecule is COc1cc(C(C)=O)ccc1OCc1nc2ccccc2nc1C. The number of carbonyl (C=O) groups excluding carboxylic acids is 1. The van der Waals surface area contributed by atoms with Crippen LogP contribution in [0.25, 0.3) is 11.0 Å². The maximum Gasteiger partial charge on any atom is 0.161 e. The van der Waals surface area contributed by atoms with Crippen LogP contribution in [0.2, 0.25) is 0 Å². The number of carbonyl (C=O) groups is 1. The van der Waals surface area contributed by atoms with Gasteiger partial charge < -0.3 is 9.47 Å². The van der Waals surface area contributed by atoms with Crippen LogP contribution < -0.4 is 9.47 Å². The van der Waals surface area contributed by atoms with E-state index in [9.17, 15) is 4.79 Å². The molecule has 0 aliphatic carbocycles. The van der Waals surface area contributed by atoms with Crippen molar-refractivity contribution in [1.82, 2.24) is 9.97 Å². The number of nitrogens with zero attached hydrogens (tertiary/aromatic N) is 2. The van der Waals surface area contributed by atoms with Gasteiger partial charge in [-0.1, -0.05) is 12.1 Å². The largest absolute Gasteiger partial charge is 0.493 e. The summed E-state index contributed by atoms with van der Waals surface area (Å²) in [6.07, 6.45) is 0. The molecule has 1 aromatic heterocycles. The number of para-hydroxylation sites is 2. The van der Waals surface area contributed by atoms with Crippen molar-refractivity contribution in [1.29, 1.82) is 0 Å². The van der Waals surface area contributed by atoms with Crippen LogP contribution in [0.4, 0.5) is 0 Å². The molecule has 0 aliphatic heterocycles. The fourth-order valence-electron chi connectivity index (χ4n) is 2.41. The molecular formula is C19H18N2O3. The number of ether oxygens (including phenoxy) is 2. The highest BCUT2D eigenvalue weighted by molar-refractivity contribution is 5.94. The minimum Gasteiger partial charge on any atom is -0.493 e. The Kier molecular flexibility index (Phi) is 4.42. The molecule has 0 atom stereocenters. The maximum absolute atomic E-state index is 11.5. The summed E-state index contributed by atoms with van der Waals surface area (Å²) in [6, 6.07) is 12.9. The third-order valence-corrected chi connectivity index (χ3v) is 3.78. The Morgan fingerprint density at radius 2 is 1.75 bits per heavy atom. The van der Waals surface area contributed by atoms with Crippen LogP contribution in [-0.4, -0.2) is 22.9 Å². The van der Waals surface area contributed by atoms with Crippen LogP contribution in [-0.2, 0) is 6.61 Å². The molecular weight excluding hydrogens is 304 g/mol. The molecule has 0 amide bonds. The summed E-state index contributed by atoms with van der Waals surface area (Å²) in [4.78, 5) is 20.6. The molecule has 3 rings (SSSR count). The number of benzene rings is 2. The first kappa shape index (κ1) is 15.9. The third kappa shape index (κ3) is 3.20. The second-order valence-corrected chi connectivity index (χ2v) is 5.45. The summed E-state index contributed by atoms with van der Waals surface area (Å²) >= 11 is 0. The van der Waals surface area contributed by atoms with E-state index < -0.39 is 0 Å². The smallest absolute Gasteiger partial charge is 0.161 e. The van der Waals surface area contributed by atoms with Crippen LogP contribution in [0, 0.1) is 6.92 Å². The monoisotopic (exact) mass is 322 g/mol. The second kappa shape index (κ2) is 6.66. The van der Waals surface area contributed by atoms with Gasteiger partial charge in [-0.2, -0.15) is 0 Å². The standard InChI is InChI=1S/C19H18N2O3/c1-12-17(21-16-7-5-4-6-15(16)20-12)11-24-18-9-8-14(13(2)22)10-19(18)23-3/h4-10H,11H2,1-3H3. The lowest BCUT2D eigenvalue weighted by Crippen LogP contribution is -2.05. The molecule has 0 spiro atoms. The lowest BCUT2D eigenvalue weighted by Gasteiger charge is -2.12. The Balaban J connectivity index is 1.85. The first-order valence-corrected chi connectivity index (χ1v) is 7.62. The molecule has 0 saturated carbocycles. The van der Waals surface area contributed by atoms with E-state index in [4.69, 9.17) is 9.47 Å². The van der Waals surface area contributed by atoms with E-state index >= 15 is 0 Å². The molecule has 0 N–H and O–H groups in total. The first-order chi connectivity index (χ1) is 11.6. The van der Waals surface area contributed by atoms with Crippen molar-refractivity contribution in [2.75, 3.05) is 7.11 Å². The summed E-state index contributed by atoms with van der Waals surface area (Å²) in [6.45, 7) is 3.71. The normalized spacial score (nSPS) is 10.6. The van der Waals surface area contributed by atoms with E-state index in [0.29, 0.717) is 17.1 Å². The van der Waals surface area contributed by atoms with Gasteiger partial charge in [0.2, 0.25) is 0 Å². The molecule has 122 valence electrons. The number of aromatic nitrogens is 2. The first-order valence-electron chi connectivity index (χ1n) is 7.62. The Hall–Kier alpha value is -2.95. The fraction of sp³-hybridized carbons (Fsp3) is 0.211. The van der Waals surface area contributed by atoms with Crippen molar-refractivity contribution in [2.45, 2.75) is 20.5 Å². The molecule has 0 fully saturated rings. The zero-order valence-corrected chi connectivity index (χ0v) is 13.9. The second-order valence-electron chi connectivity index (χ2n) is 5.45. The van der Waals surface area contributed by atoms with E-state index in [1.54, 1.807) is 25.3 Å². The fourth-order valence-corrected chi connectivity index (χ4v) is 2.41. The number of fused-ring (bicyclic) bond motifs is 1. The topological polar surface area (TPSA) is 61.3 Å². The van der Waals surface area contributed by atoms with Gasteiger partial charge in [0.25, 0.3) is 0 Å². The van der Waals surface area contributed by atoms with Crippen LogP contribution in [0.3, 0.4) is 0 Å². The molecule has 0 radical (unpaired) electrons. The Bertz CT molecular complexity index is 906. The molecule has 0 aliphatic rings. The average Bonchev–Trinajstić information content (AvgIpc) is 2.59.